The van der Waals surface area contributed by atoms with Crippen molar-refractivity contribution < 1.29 is 4.79 Å². The second-order valence-corrected chi connectivity index (χ2v) is 6.49. The van der Waals surface area contributed by atoms with E-state index >= 15 is 0 Å². The maximum Gasteiger partial charge on any atom is 0.237 e. The molecule has 0 aromatic heterocycles. The van der Waals surface area contributed by atoms with Crippen molar-refractivity contribution in [3.05, 3.63) is 0 Å². The van der Waals surface area contributed by atoms with Crippen LogP contribution in [-0.4, -0.2) is 42.0 Å². The lowest BCUT2D eigenvalue weighted by molar-refractivity contribution is -0.124. The molecule has 0 radical (unpaired) electrons. The van der Waals surface area contributed by atoms with Crippen molar-refractivity contribution in [2.45, 2.75) is 65.0 Å². The van der Waals surface area contributed by atoms with Crippen molar-refractivity contribution in [1.82, 2.24) is 10.2 Å². The van der Waals surface area contributed by atoms with Gasteiger partial charge in [-0.1, -0.05) is 20.8 Å². The Kier molecular flexibility index (Phi) is 6.27. The highest BCUT2D eigenvalue weighted by Gasteiger charge is 2.34. The average Bonchev–Trinajstić information content (AvgIpc) is 3.15. The molecular formula is C15H31N3O. The minimum Gasteiger partial charge on any atom is -0.368 e. The zero-order valence-electron chi connectivity index (χ0n) is 13.0. The molecule has 1 fully saturated rings. The summed E-state index contributed by atoms with van der Waals surface area (Å²) in [6.07, 6.45) is 4.43. The number of nitrogens with zero attached hydrogens (tertiary/aromatic N) is 1. The fourth-order valence-electron chi connectivity index (χ4n) is 2.40. The maximum atomic E-state index is 11.7. The minimum absolute atomic E-state index is 0.235. The summed E-state index contributed by atoms with van der Waals surface area (Å²) in [5, 5.41) is 3.31. The van der Waals surface area contributed by atoms with Gasteiger partial charge in [0.1, 0.15) is 0 Å². The van der Waals surface area contributed by atoms with E-state index in [2.05, 4.69) is 31.0 Å². The Hall–Kier alpha value is -0.610. The van der Waals surface area contributed by atoms with Crippen LogP contribution in [0.5, 0.6) is 0 Å². The van der Waals surface area contributed by atoms with Crippen molar-refractivity contribution in [2.75, 3.05) is 19.6 Å². The van der Waals surface area contributed by atoms with Gasteiger partial charge in [0.25, 0.3) is 0 Å². The first-order chi connectivity index (χ1) is 8.89. The summed E-state index contributed by atoms with van der Waals surface area (Å²) < 4.78 is 0. The van der Waals surface area contributed by atoms with E-state index < -0.39 is 5.54 Å². The van der Waals surface area contributed by atoms with Gasteiger partial charge in [0, 0.05) is 19.1 Å². The van der Waals surface area contributed by atoms with Gasteiger partial charge < -0.3 is 16.0 Å². The Morgan fingerprint density at radius 2 is 2.11 bits per heavy atom. The van der Waals surface area contributed by atoms with Gasteiger partial charge in [0.2, 0.25) is 5.91 Å². The van der Waals surface area contributed by atoms with Crippen LogP contribution in [0.15, 0.2) is 0 Å². The smallest absolute Gasteiger partial charge is 0.237 e. The molecule has 0 saturated heterocycles. The fourth-order valence-corrected chi connectivity index (χ4v) is 2.40. The number of nitrogens with one attached hydrogen (secondary N) is 1. The monoisotopic (exact) mass is 269 g/mol. The molecule has 1 rings (SSSR count). The predicted octanol–water partition coefficient (Wildman–Crippen LogP) is 1.74. The van der Waals surface area contributed by atoms with E-state index in [1.165, 1.54) is 12.8 Å². The Labute approximate surface area is 118 Å². The summed E-state index contributed by atoms with van der Waals surface area (Å²) in [6.45, 7) is 11.4. The fraction of sp³-hybridized carbons (Fsp3) is 0.933. The van der Waals surface area contributed by atoms with Crippen LogP contribution in [0.1, 0.15) is 53.4 Å². The standard InChI is InChI=1S/C15H31N3O/c1-5-9-17-15(4,14(16)19)8-10-18(11-12(2)3)13-6-7-13/h12-13,17H,5-11H2,1-4H3,(H2,16,19). The van der Waals surface area contributed by atoms with E-state index in [-0.39, 0.29) is 5.91 Å². The maximum absolute atomic E-state index is 11.7. The topological polar surface area (TPSA) is 58.4 Å². The number of rotatable bonds is 10. The van der Waals surface area contributed by atoms with Crippen molar-refractivity contribution in [3.8, 4) is 0 Å². The van der Waals surface area contributed by atoms with Crippen molar-refractivity contribution >= 4 is 5.91 Å². The Balaban J connectivity index is 2.50. The van der Waals surface area contributed by atoms with Gasteiger partial charge in [0.05, 0.1) is 5.54 Å². The molecule has 4 heteroatoms. The summed E-state index contributed by atoms with van der Waals surface area (Å²) in [4.78, 5) is 14.2. The molecule has 1 atom stereocenters. The normalized spacial score (nSPS) is 18.8. The van der Waals surface area contributed by atoms with E-state index in [0.29, 0.717) is 5.92 Å². The first kappa shape index (κ1) is 16.4. The predicted molar refractivity (Wildman–Crippen MR) is 79.9 cm³/mol. The highest BCUT2D eigenvalue weighted by molar-refractivity contribution is 5.84. The molecule has 3 N–H and O–H groups in total. The molecule has 0 aromatic rings. The van der Waals surface area contributed by atoms with Crippen LogP contribution >= 0.6 is 0 Å². The van der Waals surface area contributed by atoms with Gasteiger partial charge >= 0.3 is 0 Å². The van der Waals surface area contributed by atoms with E-state index in [0.717, 1.165) is 38.5 Å². The van der Waals surface area contributed by atoms with Crippen LogP contribution in [0.4, 0.5) is 0 Å². The van der Waals surface area contributed by atoms with Crippen LogP contribution in [0.25, 0.3) is 0 Å². The number of carbonyl (C=O) groups excluding carboxylic acids is 1. The quantitative estimate of drug-likeness (QED) is 0.635. The second kappa shape index (κ2) is 7.25. The molecule has 0 bridgehead atoms. The average molecular weight is 269 g/mol. The lowest BCUT2D eigenvalue weighted by Gasteiger charge is -2.32. The molecular weight excluding hydrogens is 238 g/mol. The number of primary amides is 1. The van der Waals surface area contributed by atoms with Gasteiger partial charge in [-0.15, -0.1) is 0 Å². The van der Waals surface area contributed by atoms with Crippen LogP contribution in [-0.2, 0) is 4.79 Å². The van der Waals surface area contributed by atoms with Crippen molar-refractivity contribution in [2.24, 2.45) is 11.7 Å². The van der Waals surface area contributed by atoms with Gasteiger partial charge in [-0.2, -0.15) is 0 Å². The number of carbonyl (C=O) groups is 1. The summed E-state index contributed by atoms with van der Waals surface area (Å²) in [7, 11) is 0. The van der Waals surface area contributed by atoms with Gasteiger partial charge in [0.15, 0.2) is 0 Å². The van der Waals surface area contributed by atoms with E-state index in [1.54, 1.807) is 0 Å². The first-order valence-electron chi connectivity index (χ1n) is 7.68. The highest BCUT2D eigenvalue weighted by atomic mass is 16.1. The van der Waals surface area contributed by atoms with Crippen LogP contribution in [0, 0.1) is 5.92 Å². The second-order valence-electron chi connectivity index (χ2n) is 6.49. The van der Waals surface area contributed by atoms with E-state index in [9.17, 15) is 4.79 Å². The van der Waals surface area contributed by atoms with E-state index in [1.807, 2.05) is 6.92 Å². The minimum atomic E-state index is -0.569. The number of hydrogen-bond donors (Lipinski definition) is 2. The molecule has 0 aromatic carbocycles. The summed E-state index contributed by atoms with van der Waals surface area (Å²) >= 11 is 0. The van der Waals surface area contributed by atoms with Gasteiger partial charge in [-0.25, -0.2) is 0 Å². The number of hydrogen-bond acceptors (Lipinski definition) is 3. The van der Waals surface area contributed by atoms with Gasteiger partial charge in [-0.3, -0.25) is 4.79 Å². The Morgan fingerprint density at radius 1 is 1.47 bits per heavy atom. The number of amides is 1. The molecule has 1 aliphatic carbocycles. The van der Waals surface area contributed by atoms with Crippen LogP contribution < -0.4 is 11.1 Å². The van der Waals surface area contributed by atoms with Crippen molar-refractivity contribution in [1.29, 1.82) is 0 Å². The largest absolute Gasteiger partial charge is 0.368 e. The number of nitrogens with two attached hydrogens (primary N) is 1. The molecule has 0 aliphatic heterocycles. The lowest BCUT2D eigenvalue weighted by atomic mass is 9.96. The summed E-state index contributed by atoms with van der Waals surface area (Å²) in [5.41, 5.74) is 5.00. The molecule has 4 nitrogen and oxygen atoms in total. The first-order valence-corrected chi connectivity index (χ1v) is 7.68. The Morgan fingerprint density at radius 3 is 2.53 bits per heavy atom. The molecule has 1 unspecified atom stereocenters. The van der Waals surface area contributed by atoms with E-state index in [4.69, 9.17) is 5.73 Å². The van der Waals surface area contributed by atoms with Crippen LogP contribution in [0.3, 0.4) is 0 Å². The van der Waals surface area contributed by atoms with Gasteiger partial charge in [-0.05, 0) is 45.1 Å². The molecule has 1 aliphatic rings. The lowest BCUT2D eigenvalue weighted by Crippen LogP contribution is -2.55. The molecule has 0 spiro atoms. The molecule has 1 amide bonds. The third-order valence-electron chi connectivity index (χ3n) is 3.87. The third-order valence-corrected chi connectivity index (χ3v) is 3.87. The SMILES string of the molecule is CCCNC(C)(CCN(CC(C)C)C1CC1)C(N)=O. The molecule has 1 saturated carbocycles. The third kappa shape index (κ3) is 5.49. The molecule has 0 heterocycles. The summed E-state index contributed by atoms with van der Waals surface area (Å²) in [6, 6.07) is 0.741. The van der Waals surface area contributed by atoms with Crippen molar-refractivity contribution in [3.63, 3.8) is 0 Å². The molecule has 112 valence electrons. The molecule has 19 heavy (non-hydrogen) atoms. The zero-order chi connectivity index (χ0) is 14.5. The van der Waals surface area contributed by atoms with Crippen LogP contribution in [0.2, 0.25) is 0 Å². The summed E-state index contributed by atoms with van der Waals surface area (Å²) in [5.74, 6) is 0.435. The highest BCUT2D eigenvalue weighted by Crippen LogP contribution is 2.28. The zero-order valence-corrected chi connectivity index (χ0v) is 13.0. The Bertz CT molecular complexity index is 289.